The van der Waals surface area contributed by atoms with Crippen LogP contribution in [0.2, 0.25) is 0 Å². The molecule has 0 heterocycles. The number of nitrogens with one attached hydrogen (secondary N) is 2. The van der Waals surface area contributed by atoms with Gasteiger partial charge in [0, 0.05) is 12.6 Å². The second-order valence-corrected chi connectivity index (χ2v) is 5.03. The first kappa shape index (κ1) is 16.3. The lowest BCUT2D eigenvalue weighted by molar-refractivity contribution is -0.383. The van der Waals surface area contributed by atoms with Crippen LogP contribution in [0.5, 0.6) is 0 Å². The molecule has 2 N–H and O–H groups in total. The average molecular weight is 279 g/mol. The molecule has 1 aromatic carbocycles. The Morgan fingerprint density at radius 1 is 1.25 bits per heavy atom. The lowest BCUT2D eigenvalue weighted by atomic mass is 10.1. The fourth-order valence-electron chi connectivity index (χ4n) is 2.23. The van der Waals surface area contributed by atoms with Crippen molar-refractivity contribution in [3.05, 3.63) is 28.3 Å². The molecule has 0 spiro atoms. The molecule has 1 aromatic rings. The molecule has 1 rings (SSSR count). The first-order valence-corrected chi connectivity index (χ1v) is 7.37. The number of nitrogens with zero attached hydrogens (tertiary/aromatic N) is 1. The SMILES string of the molecule is CCCCCC(C)Nc1cccc(NCC)c1[N+](=O)[O-]. The number of nitro benzene ring substituents is 1. The van der Waals surface area contributed by atoms with Crippen LogP contribution in [0.1, 0.15) is 46.5 Å². The monoisotopic (exact) mass is 279 g/mol. The fourth-order valence-corrected chi connectivity index (χ4v) is 2.23. The third kappa shape index (κ3) is 4.72. The molecule has 5 heteroatoms. The first-order chi connectivity index (χ1) is 9.60. The number of rotatable bonds is 9. The maximum Gasteiger partial charge on any atom is 0.315 e. The van der Waals surface area contributed by atoms with E-state index in [1.807, 2.05) is 13.0 Å². The highest BCUT2D eigenvalue weighted by Gasteiger charge is 2.20. The summed E-state index contributed by atoms with van der Waals surface area (Å²) in [6.45, 7) is 6.83. The van der Waals surface area contributed by atoms with E-state index < -0.39 is 0 Å². The summed E-state index contributed by atoms with van der Waals surface area (Å²) in [7, 11) is 0. The molecule has 0 saturated carbocycles. The van der Waals surface area contributed by atoms with E-state index in [1.54, 1.807) is 12.1 Å². The van der Waals surface area contributed by atoms with Gasteiger partial charge in [-0.25, -0.2) is 0 Å². The summed E-state index contributed by atoms with van der Waals surface area (Å²) in [6.07, 6.45) is 4.55. The van der Waals surface area contributed by atoms with E-state index in [1.165, 1.54) is 12.8 Å². The third-order valence-electron chi connectivity index (χ3n) is 3.23. The Morgan fingerprint density at radius 3 is 2.55 bits per heavy atom. The van der Waals surface area contributed by atoms with Crippen LogP contribution in [-0.2, 0) is 0 Å². The Kier molecular flexibility index (Phi) is 6.84. The molecule has 1 unspecified atom stereocenters. The van der Waals surface area contributed by atoms with Crippen LogP contribution >= 0.6 is 0 Å². The highest BCUT2D eigenvalue weighted by Crippen LogP contribution is 2.33. The summed E-state index contributed by atoms with van der Waals surface area (Å²) in [5.74, 6) is 0. The van der Waals surface area contributed by atoms with Crippen molar-refractivity contribution >= 4 is 17.1 Å². The van der Waals surface area contributed by atoms with Gasteiger partial charge in [0.2, 0.25) is 0 Å². The van der Waals surface area contributed by atoms with Crippen LogP contribution in [0.25, 0.3) is 0 Å². The quantitative estimate of drug-likeness (QED) is 0.399. The Balaban J connectivity index is 2.83. The zero-order valence-electron chi connectivity index (χ0n) is 12.6. The maximum absolute atomic E-state index is 11.3. The van der Waals surface area contributed by atoms with E-state index >= 15 is 0 Å². The van der Waals surface area contributed by atoms with Crippen LogP contribution in [0, 0.1) is 10.1 Å². The summed E-state index contributed by atoms with van der Waals surface area (Å²) in [5, 5.41) is 17.6. The second-order valence-electron chi connectivity index (χ2n) is 5.03. The summed E-state index contributed by atoms with van der Waals surface area (Å²) < 4.78 is 0. The van der Waals surface area contributed by atoms with Gasteiger partial charge in [0.1, 0.15) is 11.4 Å². The molecular formula is C15H25N3O2. The zero-order chi connectivity index (χ0) is 15.0. The van der Waals surface area contributed by atoms with Crippen molar-refractivity contribution in [3.8, 4) is 0 Å². The van der Waals surface area contributed by atoms with E-state index in [-0.39, 0.29) is 16.7 Å². The smallest absolute Gasteiger partial charge is 0.315 e. The molecule has 20 heavy (non-hydrogen) atoms. The minimum atomic E-state index is -0.320. The Morgan fingerprint density at radius 2 is 1.95 bits per heavy atom. The minimum absolute atomic E-state index is 0.136. The van der Waals surface area contributed by atoms with Crippen molar-refractivity contribution in [1.29, 1.82) is 0 Å². The van der Waals surface area contributed by atoms with Gasteiger partial charge in [-0.15, -0.1) is 0 Å². The molecule has 0 bridgehead atoms. The number of hydrogen-bond donors (Lipinski definition) is 2. The van der Waals surface area contributed by atoms with Crippen LogP contribution < -0.4 is 10.6 Å². The lowest BCUT2D eigenvalue weighted by Gasteiger charge is -2.16. The Bertz CT molecular complexity index is 435. The number of para-hydroxylation sites is 1. The molecule has 1 atom stereocenters. The first-order valence-electron chi connectivity index (χ1n) is 7.37. The topological polar surface area (TPSA) is 67.2 Å². The second kappa shape index (κ2) is 8.40. The van der Waals surface area contributed by atoms with Crippen molar-refractivity contribution in [2.75, 3.05) is 17.2 Å². The fraction of sp³-hybridized carbons (Fsp3) is 0.600. The van der Waals surface area contributed by atoms with Crippen LogP contribution in [0.3, 0.4) is 0 Å². The van der Waals surface area contributed by atoms with Crippen molar-refractivity contribution in [3.63, 3.8) is 0 Å². The van der Waals surface area contributed by atoms with E-state index in [4.69, 9.17) is 0 Å². The third-order valence-corrected chi connectivity index (χ3v) is 3.23. The number of unbranched alkanes of at least 4 members (excludes halogenated alkanes) is 2. The summed E-state index contributed by atoms with van der Waals surface area (Å²) in [6, 6.07) is 5.59. The van der Waals surface area contributed by atoms with Gasteiger partial charge < -0.3 is 10.6 Å². The molecule has 0 saturated heterocycles. The van der Waals surface area contributed by atoms with Crippen molar-refractivity contribution < 1.29 is 4.92 Å². The highest BCUT2D eigenvalue weighted by atomic mass is 16.6. The van der Waals surface area contributed by atoms with Gasteiger partial charge in [-0.1, -0.05) is 32.3 Å². The largest absolute Gasteiger partial charge is 0.380 e. The van der Waals surface area contributed by atoms with E-state index in [9.17, 15) is 10.1 Å². The van der Waals surface area contributed by atoms with Crippen molar-refractivity contribution in [2.45, 2.75) is 52.5 Å². The maximum atomic E-state index is 11.3. The van der Waals surface area contributed by atoms with Gasteiger partial charge in [-0.3, -0.25) is 10.1 Å². The van der Waals surface area contributed by atoms with Gasteiger partial charge in [-0.2, -0.15) is 0 Å². The summed E-state index contributed by atoms with van der Waals surface area (Å²) in [4.78, 5) is 11.0. The normalized spacial score (nSPS) is 11.9. The molecule has 0 amide bonds. The van der Waals surface area contributed by atoms with Crippen LogP contribution in [0.4, 0.5) is 17.1 Å². The standard InChI is InChI=1S/C15H25N3O2/c1-4-6-7-9-12(3)17-14-11-8-10-13(16-5-2)15(14)18(19)20/h8,10-12,16-17H,4-7,9H2,1-3H3. The van der Waals surface area contributed by atoms with Gasteiger partial charge >= 0.3 is 5.69 Å². The lowest BCUT2D eigenvalue weighted by Crippen LogP contribution is -2.16. The minimum Gasteiger partial charge on any atom is -0.380 e. The molecule has 112 valence electrons. The van der Waals surface area contributed by atoms with Gasteiger partial charge in [0.15, 0.2) is 0 Å². The molecule has 0 fully saturated rings. The summed E-state index contributed by atoms with van der Waals surface area (Å²) >= 11 is 0. The molecule has 0 aliphatic carbocycles. The van der Waals surface area contributed by atoms with Gasteiger partial charge in [0.05, 0.1) is 4.92 Å². The average Bonchev–Trinajstić information content (AvgIpc) is 2.39. The van der Waals surface area contributed by atoms with E-state index in [0.29, 0.717) is 17.9 Å². The van der Waals surface area contributed by atoms with E-state index in [2.05, 4.69) is 24.5 Å². The molecule has 0 aliphatic heterocycles. The number of anilines is 2. The predicted molar refractivity (Wildman–Crippen MR) is 84.5 cm³/mol. The summed E-state index contributed by atoms with van der Waals surface area (Å²) in [5.41, 5.74) is 1.30. The van der Waals surface area contributed by atoms with Crippen molar-refractivity contribution in [1.82, 2.24) is 0 Å². The Labute approximate surface area is 120 Å². The van der Waals surface area contributed by atoms with Gasteiger partial charge in [0.25, 0.3) is 0 Å². The number of nitro groups is 1. The number of hydrogen-bond acceptors (Lipinski definition) is 4. The Hall–Kier alpha value is -1.78. The molecule has 5 nitrogen and oxygen atoms in total. The van der Waals surface area contributed by atoms with Gasteiger partial charge in [-0.05, 0) is 32.4 Å². The zero-order valence-corrected chi connectivity index (χ0v) is 12.6. The number of benzene rings is 1. The molecule has 0 radical (unpaired) electrons. The van der Waals surface area contributed by atoms with E-state index in [0.717, 1.165) is 12.8 Å². The van der Waals surface area contributed by atoms with Crippen LogP contribution in [-0.4, -0.2) is 17.5 Å². The predicted octanol–water partition coefficient (Wildman–Crippen LogP) is 4.41. The van der Waals surface area contributed by atoms with Crippen molar-refractivity contribution in [2.24, 2.45) is 0 Å². The molecule has 0 aromatic heterocycles. The van der Waals surface area contributed by atoms with Crippen LogP contribution in [0.15, 0.2) is 18.2 Å². The molecular weight excluding hydrogens is 254 g/mol. The highest BCUT2D eigenvalue weighted by molar-refractivity contribution is 5.76. The molecule has 0 aliphatic rings.